The Morgan fingerprint density at radius 2 is 2.25 bits per heavy atom. The van der Waals surface area contributed by atoms with Crippen molar-refractivity contribution in [1.29, 1.82) is 0 Å². The van der Waals surface area contributed by atoms with Crippen LogP contribution in [0.3, 0.4) is 0 Å². The van der Waals surface area contributed by atoms with Crippen LogP contribution in [0.15, 0.2) is 12.1 Å². The van der Waals surface area contributed by atoms with E-state index in [9.17, 15) is 9.18 Å². The molecular weight excluding hydrogens is 217 g/mol. The Hall–Kier alpha value is -1.82. The largest absolute Gasteiger partial charge is 0.483 e. The molecule has 0 amide bonds. The minimum Gasteiger partial charge on any atom is -0.483 e. The summed E-state index contributed by atoms with van der Waals surface area (Å²) in [4.78, 5) is 10.6. The Kier molecular flexibility index (Phi) is 2.66. The maximum atomic E-state index is 13.3. The van der Waals surface area contributed by atoms with Crippen LogP contribution in [0.4, 0.5) is 10.1 Å². The highest BCUT2D eigenvalue weighted by Crippen LogP contribution is 2.27. The number of carbonyl (C=O) groups is 1. The average molecular weight is 227 g/mol. The van der Waals surface area contributed by atoms with Gasteiger partial charge in [-0.15, -0.1) is 0 Å². The van der Waals surface area contributed by atoms with Crippen molar-refractivity contribution in [1.82, 2.24) is 0 Å². The van der Waals surface area contributed by atoms with Crippen molar-refractivity contribution < 1.29 is 23.8 Å². The highest BCUT2D eigenvalue weighted by Gasteiger charge is 2.22. The van der Waals surface area contributed by atoms with E-state index in [0.29, 0.717) is 13.2 Å². The minimum atomic E-state index is -1.36. The molecule has 6 heteroatoms. The summed E-state index contributed by atoms with van der Waals surface area (Å²) < 4.78 is 23.5. The maximum absolute atomic E-state index is 13.3. The number of rotatable bonds is 3. The van der Waals surface area contributed by atoms with Crippen molar-refractivity contribution in [3.63, 3.8) is 0 Å². The number of ether oxygens (including phenoxy) is 2. The van der Waals surface area contributed by atoms with E-state index in [1.54, 1.807) is 0 Å². The fourth-order valence-corrected chi connectivity index (χ4v) is 1.30. The quantitative estimate of drug-likeness (QED) is 0.749. The van der Waals surface area contributed by atoms with Crippen LogP contribution in [0.5, 0.6) is 5.75 Å². The van der Waals surface area contributed by atoms with E-state index in [4.69, 9.17) is 20.3 Å². The highest BCUT2D eigenvalue weighted by atomic mass is 19.1. The molecule has 0 aromatic heterocycles. The summed E-state index contributed by atoms with van der Waals surface area (Å²) in [6.45, 7) is 0.865. The van der Waals surface area contributed by atoms with E-state index in [0.717, 1.165) is 12.1 Å². The van der Waals surface area contributed by atoms with Crippen LogP contribution in [-0.4, -0.2) is 30.4 Å². The number of aromatic carboxylic acids is 1. The van der Waals surface area contributed by atoms with E-state index in [1.165, 1.54) is 0 Å². The minimum absolute atomic E-state index is 0.103. The average Bonchev–Trinajstić information content (AvgIpc) is 2.15. The van der Waals surface area contributed by atoms with Gasteiger partial charge in [-0.3, -0.25) is 0 Å². The van der Waals surface area contributed by atoms with Crippen LogP contribution >= 0.6 is 0 Å². The van der Waals surface area contributed by atoms with Crippen molar-refractivity contribution in [2.24, 2.45) is 0 Å². The first-order valence-corrected chi connectivity index (χ1v) is 4.64. The summed E-state index contributed by atoms with van der Waals surface area (Å²) >= 11 is 0. The summed E-state index contributed by atoms with van der Waals surface area (Å²) in [6.07, 6.45) is -0.141. The number of anilines is 1. The Morgan fingerprint density at radius 1 is 1.56 bits per heavy atom. The van der Waals surface area contributed by atoms with Gasteiger partial charge in [-0.05, 0) is 6.07 Å². The molecular formula is C10H10FNO4. The van der Waals surface area contributed by atoms with E-state index >= 15 is 0 Å². The summed E-state index contributed by atoms with van der Waals surface area (Å²) in [7, 11) is 0. The standard InChI is InChI=1S/C10H10FNO4/c11-7-2-9(16-5-3-15-4-5)8(12)1-6(7)10(13)14/h1-2,5H,3-4,12H2,(H,13,14). The third-order valence-electron chi connectivity index (χ3n) is 2.23. The lowest BCUT2D eigenvalue weighted by Crippen LogP contribution is -2.38. The molecule has 3 N–H and O–H groups in total. The maximum Gasteiger partial charge on any atom is 0.338 e. The smallest absolute Gasteiger partial charge is 0.338 e. The SMILES string of the molecule is Nc1cc(C(=O)O)c(F)cc1OC1COC1. The van der Waals surface area contributed by atoms with Crippen LogP contribution in [0.25, 0.3) is 0 Å². The second-order valence-electron chi connectivity index (χ2n) is 3.45. The van der Waals surface area contributed by atoms with Crippen LogP contribution in [-0.2, 0) is 4.74 Å². The van der Waals surface area contributed by atoms with Crippen molar-refractivity contribution in [2.45, 2.75) is 6.10 Å². The van der Waals surface area contributed by atoms with E-state index in [2.05, 4.69) is 0 Å². The number of carboxylic acid groups (broad SMARTS) is 1. The van der Waals surface area contributed by atoms with Gasteiger partial charge in [0, 0.05) is 6.07 Å². The molecule has 1 aliphatic rings. The molecule has 0 bridgehead atoms. The lowest BCUT2D eigenvalue weighted by molar-refractivity contribution is -0.0794. The zero-order valence-corrected chi connectivity index (χ0v) is 8.27. The molecule has 16 heavy (non-hydrogen) atoms. The number of nitrogen functional groups attached to an aromatic ring is 1. The van der Waals surface area contributed by atoms with Gasteiger partial charge in [0.25, 0.3) is 0 Å². The topological polar surface area (TPSA) is 81.8 Å². The number of benzene rings is 1. The zero-order valence-electron chi connectivity index (χ0n) is 8.27. The van der Waals surface area contributed by atoms with Gasteiger partial charge in [0.05, 0.1) is 24.5 Å². The third-order valence-corrected chi connectivity index (χ3v) is 2.23. The van der Waals surface area contributed by atoms with Gasteiger partial charge >= 0.3 is 5.97 Å². The lowest BCUT2D eigenvalue weighted by atomic mass is 10.1. The molecule has 0 atom stereocenters. The molecule has 0 unspecified atom stereocenters. The van der Waals surface area contributed by atoms with Crippen LogP contribution < -0.4 is 10.5 Å². The van der Waals surface area contributed by atoms with Crippen LogP contribution in [0, 0.1) is 5.82 Å². The molecule has 1 aromatic rings. The lowest BCUT2D eigenvalue weighted by Gasteiger charge is -2.27. The fraction of sp³-hybridized carbons (Fsp3) is 0.300. The molecule has 1 saturated heterocycles. The Morgan fingerprint density at radius 3 is 2.75 bits per heavy atom. The fourth-order valence-electron chi connectivity index (χ4n) is 1.30. The first-order chi connectivity index (χ1) is 7.58. The number of carboxylic acids is 1. The van der Waals surface area contributed by atoms with E-state index in [1.807, 2.05) is 0 Å². The van der Waals surface area contributed by atoms with Crippen molar-refractivity contribution in [3.8, 4) is 5.75 Å². The second kappa shape index (κ2) is 3.97. The molecule has 1 heterocycles. The first kappa shape index (κ1) is 10.7. The Labute approximate surface area is 90.6 Å². The monoisotopic (exact) mass is 227 g/mol. The number of hydrogen-bond acceptors (Lipinski definition) is 4. The van der Waals surface area contributed by atoms with Gasteiger partial charge in [0.15, 0.2) is 0 Å². The molecule has 0 spiro atoms. The molecule has 0 saturated carbocycles. The molecule has 2 rings (SSSR count). The van der Waals surface area contributed by atoms with Gasteiger partial charge in [-0.2, -0.15) is 0 Å². The molecule has 5 nitrogen and oxygen atoms in total. The molecule has 0 radical (unpaired) electrons. The van der Waals surface area contributed by atoms with Crippen molar-refractivity contribution in [2.75, 3.05) is 18.9 Å². The van der Waals surface area contributed by atoms with Crippen molar-refractivity contribution in [3.05, 3.63) is 23.5 Å². The molecule has 86 valence electrons. The molecule has 1 aromatic carbocycles. The predicted octanol–water partition coefficient (Wildman–Crippen LogP) is 0.884. The summed E-state index contributed by atoms with van der Waals surface area (Å²) in [5.41, 5.74) is 5.20. The summed E-state index contributed by atoms with van der Waals surface area (Å²) in [5, 5.41) is 8.66. The summed E-state index contributed by atoms with van der Waals surface area (Å²) in [5.74, 6) is -2.07. The third kappa shape index (κ3) is 1.92. The number of hydrogen-bond donors (Lipinski definition) is 2. The Bertz CT molecular complexity index is 431. The summed E-state index contributed by atoms with van der Waals surface area (Å²) in [6, 6.07) is 2.03. The number of halogens is 1. The van der Waals surface area contributed by atoms with Gasteiger partial charge in [-0.1, -0.05) is 0 Å². The van der Waals surface area contributed by atoms with E-state index in [-0.39, 0.29) is 17.5 Å². The van der Waals surface area contributed by atoms with Crippen molar-refractivity contribution >= 4 is 11.7 Å². The first-order valence-electron chi connectivity index (χ1n) is 4.64. The highest BCUT2D eigenvalue weighted by molar-refractivity contribution is 5.89. The predicted molar refractivity (Wildman–Crippen MR) is 53.0 cm³/mol. The Balaban J connectivity index is 2.25. The molecule has 1 aliphatic heterocycles. The number of nitrogens with two attached hydrogens (primary N) is 1. The van der Waals surface area contributed by atoms with Gasteiger partial charge in [0.1, 0.15) is 17.7 Å². The van der Waals surface area contributed by atoms with Crippen LogP contribution in [0.1, 0.15) is 10.4 Å². The second-order valence-corrected chi connectivity index (χ2v) is 3.45. The van der Waals surface area contributed by atoms with E-state index < -0.39 is 17.3 Å². The van der Waals surface area contributed by atoms with Gasteiger partial charge in [-0.25, -0.2) is 9.18 Å². The zero-order chi connectivity index (χ0) is 11.7. The molecule has 0 aliphatic carbocycles. The van der Waals surface area contributed by atoms with Gasteiger partial charge in [0.2, 0.25) is 0 Å². The normalized spacial score (nSPS) is 15.6. The molecule has 1 fully saturated rings. The van der Waals surface area contributed by atoms with Gasteiger partial charge < -0.3 is 20.3 Å². The van der Waals surface area contributed by atoms with Crippen LogP contribution in [0.2, 0.25) is 0 Å².